The summed E-state index contributed by atoms with van der Waals surface area (Å²) >= 11 is 0. The number of rotatable bonds is 7. The second-order valence-corrected chi connectivity index (χ2v) is 19.5. The number of aromatic nitrogens is 3. The van der Waals surface area contributed by atoms with Crippen LogP contribution in [-0.4, -0.2) is 19.6 Å². The third kappa shape index (κ3) is 8.86. The highest BCUT2D eigenvalue weighted by atomic mass is 16.3. The lowest BCUT2D eigenvalue weighted by atomic mass is 9.83. The maximum absolute atomic E-state index is 12.1. The molecule has 4 heteroatoms. The highest BCUT2D eigenvalue weighted by Crippen LogP contribution is 2.44. The summed E-state index contributed by atoms with van der Waals surface area (Å²) in [7, 11) is 0. The van der Waals surface area contributed by atoms with Gasteiger partial charge in [0.2, 0.25) is 0 Å². The molecule has 0 spiro atoms. The van der Waals surface area contributed by atoms with Gasteiger partial charge in [-0.2, -0.15) is 0 Å². The second kappa shape index (κ2) is 17.0. The fraction of sp³-hybridized carbons (Fsp3) is 0.238. The van der Waals surface area contributed by atoms with E-state index in [-0.39, 0.29) is 27.9 Å². The molecule has 7 aromatic carbocycles. The van der Waals surface area contributed by atoms with E-state index >= 15 is 0 Å². The van der Waals surface area contributed by atoms with Crippen LogP contribution in [0.4, 0.5) is 0 Å². The number of aryl methyl sites for hydroxylation is 3. The first-order valence-corrected chi connectivity index (χ1v) is 22.3. The summed E-state index contributed by atoms with van der Waals surface area (Å²) < 4.78 is 140. The third-order valence-electron chi connectivity index (χ3n) is 12.3. The van der Waals surface area contributed by atoms with Crippen LogP contribution >= 0.6 is 0 Å². The Balaban J connectivity index is 1.33. The van der Waals surface area contributed by atoms with Gasteiger partial charge in [0, 0.05) is 39.3 Å². The molecule has 0 saturated heterocycles. The molecule has 0 aliphatic rings. The minimum atomic E-state index is -3.83. The first-order chi connectivity index (χ1) is 38.4. The molecule has 0 amide bonds. The molecule has 0 saturated carbocycles. The maximum Gasteiger partial charge on any atom is 0.149 e. The Hall–Kier alpha value is -7.04. The molecular weight excluding hydrogens is 815 g/mol. The van der Waals surface area contributed by atoms with Crippen LogP contribution in [0.15, 0.2) is 158 Å². The zero-order chi connectivity index (χ0) is 61.1. The number of nitrogens with zero attached hydrogens (tertiary/aromatic N) is 3. The Morgan fingerprint density at radius 1 is 0.522 bits per heavy atom. The SMILES string of the molecule is [2H]c1c([2H])c(C(C([2H])([2H])[2H])(C([2H])([2H])[2H])C([2H])([2H])[2H])c([2H])c([2H])c1-c1ccnc(-c2cc(-c3cccc4c3nc(-c3cc(C)cc(C)c3O)n4-c3cc(-c4ccccc4)c(C([2H])([2H])[2H])cc3-c3ccc(C(C)(C)C)cc3)cc(C(C)(C)C)c2)c1. The molecule has 336 valence electrons. The summed E-state index contributed by atoms with van der Waals surface area (Å²) in [6.45, 7) is 2.24. The fourth-order valence-electron chi connectivity index (χ4n) is 8.65. The summed E-state index contributed by atoms with van der Waals surface area (Å²) in [5, 5.41) is 12.1. The number of para-hydroxylation sites is 1. The Morgan fingerprint density at radius 2 is 1.22 bits per heavy atom. The van der Waals surface area contributed by atoms with Crippen LogP contribution in [0.1, 0.15) is 117 Å². The molecule has 0 bridgehead atoms. The van der Waals surface area contributed by atoms with Crippen molar-refractivity contribution < 1.29 is 27.0 Å². The Bertz CT molecular complexity index is 3940. The predicted octanol–water partition coefficient (Wildman–Crippen LogP) is 16.9. The van der Waals surface area contributed by atoms with Crippen molar-refractivity contribution in [2.75, 3.05) is 0 Å². The van der Waals surface area contributed by atoms with Gasteiger partial charge in [-0.1, -0.05) is 165 Å². The van der Waals surface area contributed by atoms with E-state index in [1.165, 1.54) is 12.3 Å². The van der Waals surface area contributed by atoms with Crippen molar-refractivity contribution in [2.24, 2.45) is 0 Å². The van der Waals surface area contributed by atoms with E-state index in [9.17, 15) is 7.85 Å². The van der Waals surface area contributed by atoms with Crippen LogP contribution in [0.2, 0.25) is 0 Å². The first kappa shape index (κ1) is 29.6. The monoisotopic (exact) mass is 894 g/mol. The van der Waals surface area contributed by atoms with Gasteiger partial charge in [0.15, 0.2) is 0 Å². The molecule has 0 radical (unpaired) electrons. The zero-order valence-electron chi connectivity index (χ0n) is 55.0. The van der Waals surface area contributed by atoms with Gasteiger partial charge < -0.3 is 5.11 Å². The summed E-state index contributed by atoms with van der Waals surface area (Å²) in [4.78, 5) is 10.2. The van der Waals surface area contributed by atoms with Gasteiger partial charge >= 0.3 is 0 Å². The van der Waals surface area contributed by atoms with Crippen LogP contribution in [0.5, 0.6) is 5.75 Å². The van der Waals surface area contributed by atoms with Gasteiger partial charge in [0.05, 0.1) is 33.5 Å². The van der Waals surface area contributed by atoms with Crippen LogP contribution in [0.3, 0.4) is 0 Å². The Labute approximate surface area is 420 Å². The molecule has 0 unspecified atom stereocenters. The number of hydrogen-bond donors (Lipinski definition) is 1. The van der Waals surface area contributed by atoms with Gasteiger partial charge in [-0.05, 0) is 152 Å². The van der Waals surface area contributed by atoms with Crippen molar-refractivity contribution in [3.63, 3.8) is 0 Å². The van der Waals surface area contributed by atoms with Crippen molar-refractivity contribution in [3.05, 3.63) is 191 Å². The Morgan fingerprint density at radius 3 is 1.91 bits per heavy atom. The first-order valence-electron chi connectivity index (χ1n) is 30.3. The molecule has 0 fully saturated rings. The zero-order valence-corrected chi connectivity index (χ0v) is 39.0. The summed E-state index contributed by atoms with van der Waals surface area (Å²) in [5.41, 5.74) is 4.62. The number of imidazole rings is 1. The van der Waals surface area contributed by atoms with E-state index in [1.54, 1.807) is 12.1 Å². The van der Waals surface area contributed by atoms with Crippen LogP contribution < -0.4 is 0 Å². The molecule has 9 aromatic rings. The lowest BCUT2D eigenvalue weighted by Gasteiger charge is -2.22. The smallest absolute Gasteiger partial charge is 0.149 e. The number of phenolic OH excluding ortho intramolecular Hbond substituents is 1. The van der Waals surface area contributed by atoms with Gasteiger partial charge in [0.25, 0.3) is 0 Å². The molecule has 4 nitrogen and oxygen atoms in total. The molecule has 0 aliphatic carbocycles. The molecule has 1 N–H and O–H groups in total. The van der Waals surface area contributed by atoms with Gasteiger partial charge in [0.1, 0.15) is 11.6 Å². The minimum Gasteiger partial charge on any atom is -0.507 e. The van der Waals surface area contributed by atoms with Crippen molar-refractivity contribution in [1.29, 1.82) is 0 Å². The molecule has 67 heavy (non-hydrogen) atoms. The topological polar surface area (TPSA) is 50.9 Å². The summed E-state index contributed by atoms with van der Waals surface area (Å²) in [6, 6.07) is 35.6. The van der Waals surface area contributed by atoms with Crippen molar-refractivity contribution in [3.8, 4) is 78.6 Å². The highest BCUT2D eigenvalue weighted by Gasteiger charge is 2.26. The maximum atomic E-state index is 12.1. The molecular formula is C63H63N3O. The van der Waals surface area contributed by atoms with Crippen molar-refractivity contribution in [2.45, 2.75) is 99.0 Å². The molecule has 2 aromatic heterocycles. The van der Waals surface area contributed by atoms with Crippen LogP contribution in [0.25, 0.3) is 83.9 Å². The number of phenols is 1. The van der Waals surface area contributed by atoms with E-state index in [0.29, 0.717) is 72.7 Å². The summed E-state index contributed by atoms with van der Waals surface area (Å²) in [5.74, 6) is 0.393. The standard InChI is InChI=1S/C63H63N3O/c1-39-31-41(3)59(67)54(32-39)60-65-58-51(46-34-47(36-50(35-46)63(10,11)12)55-37-45(29-30-64-55)42-21-25-48(26-22-42)61(4,5)6)19-16-20-56(58)66(60)57-38-52(43-17-14-13-15-18-43)40(2)33-53(57)44-23-27-49(28-24-44)62(7,8)9/h13-38,67H,1-12H3/i2D3,4D3,5D3,6D3,21D,22D,25D,26D. The Kier molecular flexibility index (Phi) is 7.50. The van der Waals surface area contributed by atoms with Crippen molar-refractivity contribution >= 4 is 11.0 Å². The largest absolute Gasteiger partial charge is 0.507 e. The second-order valence-electron chi connectivity index (χ2n) is 19.5. The fourth-order valence-corrected chi connectivity index (χ4v) is 8.65. The minimum absolute atomic E-state index is 0.0118. The number of fused-ring (bicyclic) bond motifs is 1. The third-order valence-corrected chi connectivity index (χ3v) is 12.3. The normalized spacial score (nSPS) is 16.5. The average molecular weight is 894 g/mol. The highest BCUT2D eigenvalue weighted by molar-refractivity contribution is 5.98. The van der Waals surface area contributed by atoms with E-state index < -0.39 is 68.0 Å². The molecule has 9 rings (SSSR count). The van der Waals surface area contributed by atoms with Gasteiger partial charge in [-0.25, -0.2) is 4.98 Å². The number of pyridine rings is 1. The van der Waals surface area contributed by atoms with Gasteiger partial charge in [-0.3, -0.25) is 9.55 Å². The van der Waals surface area contributed by atoms with E-state index in [2.05, 4.69) is 32.9 Å². The summed E-state index contributed by atoms with van der Waals surface area (Å²) in [6.07, 6.45) is 1.41. The molecule has 0 aliphatic heterocycles. The van der Waals surface area contributed by atoms with Gasteiger partial charge in [-0.15, -0.1) is 0 Å². The van der Waals surface area contributed by atoms with E-state index in [1.807, 2.05) is 136 Å². The van der Waals surface area contributed by atoms with Crippen LogP contribution in [0, 0.1) is 20.7 Å². The molecule has 0 atom stereocenters. The quantitative estimate of drug-likeness (QED) is 0.173. The number of hydrogen-bond acceptors (Lipinski definition) is 3. The average Bonchev–Trinajstić information content (AvgIpc) is 1.69. The lowest BCUT2D eigenvalue weighted by molar-refractivity contribution is 0.472. The molecule has 2 heterocycles. The van der Waals surface area contributed by atoms with Crippen LogP contribution in [-0.2, 0) is 16.2 Å². The van der Waals surface area contributed by atoms with E-state index in [0.717, 1.165) is 22.3 Å². The van der Waals surface area contributed by atoms with Crippen molar-refractivity contribution in [1.82, 2.24) is 14.5 Å². The van der Waals surface area contributed by atoms with E-state index in [4.69, 9.17) is 29.2 Å². The predicted molar refractivity (Wildman–Crippen MR) is 283 cm³/mol. The number of aromatic hydroxyl groups is 1. The lowest BCUT2D eigenvalue weighted by Crippen LogP contribution is -2.11. The number of benzene rings is 7.